The number of hydrogen-bond acceptors (Lipinski definition) is 4. The second-order valence-corrected chi connectivity index (χ2v) is 3.58. The van der Waals surface area contributed by atoms with Crippen LogP contribution in [0, 0.1) is 0 Å². The second kappa shape index (κ2) is 5.90. The van der Waals surface area contributed by atoms with Gasteiger partial charge in [0.15, 0.2) is 0 Å². The average molecular weight is 220 g/mol. The smallest absolute Gasteiger partial charge is 0.338 e. The Morgan fingerprint density at radius 1 is 1.56 bits per heavy atom. The number of nitrogens with one attached hydrogen (secondary N) is 1. The zero-order chi connectivity index (χ0) is 12.0. The number of carbonyl (C=O) groups excluding carboxylic acids is 1. The molecule has 1 aromatic rings. The molecular weight excluding hydrogens is 204 g/mol. The Hall–Kier alpha value is -1.84. The number of anilines is 1. The summed E-state index contributed by atoms with van der Waals surface area (Å²) < 4.78 is 4.63. The van der Waals surface area contributed by atoms with Crippen LogP contribution < -0.4 is 5.32 Å². The third-order valence-electron chi connectivity index (χ3n) is 1.97. The molecule has 86 valence electrons. The summed E-state index contributed by atoms with van der Waals surface area (Å²) in [4.78, 5) is 15.4. The number of pyridine rings is 1. The first kappa shape index (κ1) is 12.2. The molecule has 0 bridgehead atoms. The standard InChI is InChI=1S/C12H16N2O2/c1-9(2)4-6-13-11-8-10(5-7-14-11)12(15)16-3/h4-5,7-8H,6H2,1-3H3,(H,13,14). The van der Waals surface area contributed by atoms with Crippen LogP contribution in [-0.4, -0.2) is 24.6 Å². The van der Waals surface area contributed by atoms with Crippen molar-refractivity contribution in [2.75, 3.05) is 19.0 Å². The number of carbonyl (C=O) groups is 1. The maximum absolute atomic E-state index is 11.3. The summed E-state index contributed by atoms with van der Waals surface area (Å²) in [7, 11) is 1.36. The molecule has 0 aliphatic rings. The molecule has 0 unspecified atom stereocenters. The van der Waals surface area contributed by atoms with Crippen molar-refractivity contribution in [2.24, 2.45) is 0 Å². The first-order valence-electron chi connectivity index (χ1n) is 5.05. The SMILES string of the molecule is COC(=O)c1ccnc(NCC=C(C)C)c1. The Morgan fingerprint density at radius 3 is 2.94 bits per heavy atom. The summed E-state index contributed by atoms with van der Waals surface area (Å²) in [5.41, 5.74) is 1.73. The third-order valence-corrected chi connectivity index (χ3v) is 1.97. The monoisotopic (exact) mass is 220 g/mol. The van der Waals surface area contributed by atoms with E-state index in [0.717, 1.165) is 0 Å². The number of allylic oxidation sites excluding steroid dienone is 1. The van der Waals surface area contributed by atoms with Crippen LogP contribution in [0.25, 0.3) is 0 Å². The Bertz CT molecular complexity index is 396. The quantitative estimate of drug-likeness (QED) is 0.624. The largest absolute Gasteiger partial charge is 0.465 e. The Labute approximate surface area is 95.3 Å². The predicted molar refractivity (Wildman–Crippen MR) is 63.5 cm³/mol. The van der Waals surface area contributed by atoms with Crippen molar-refractivity contribution in [3.8, 4) is 0 Å². The number of hydrogen-bond donors (Lipinski definition) is 1. The number of esters is 1. The van der Waals surface area contributed by atoms with E-state index in [1.54, 1.807) is 18.3 Å². The van der Waals surface area contributed by atoms with Gasteiger partial charge in [-0.25, -0.2) is 9.78 Å². The molecular formula is C12H16N2O2. The van der Waals surface area contributed by atoms with Crippen molar-refractivity contribution in [2.45, 2.75) is 13.8 Å². The van der Waals surface area contributed by atoms with Crippen LogP contribution in [0.5, 0.6) is 0 Å². The molecule has 1 aromatic heterocycles. The summed E-state index contributed by atoms with van der Waals surface area (Å²) in [6, 6.07) is 3.29. The van der Waals surface area contributed by atoms with E-state index >= 15 is 0 Å². The lowest BCUT2D eigenvalue weighted by Gasteiger charge is -2.04. The summed E-state index contributed by atoms with van der Waals surface area (Å²) in [5.74, 6) is 0.313. The van der Waals surface area contributed by atoms with Gasteiger partial charge in [-0.2, -0.15) is 0 Å². The van der Waals surface area contributed by atoms with E-state index in [2.05, 4.69) is 15.0 Å². The van der Waals surface area contributed by atoms with Gasteiger partial charge in [-0.3, -0.25) is 0 Å². The minimum Gasteiger partial charge on any atom is -0.465 e. The van der Waals surface area contributed by atoms with Crippen LogP contribution in [-0.2, 0) is 4.74 Å². The van der Waals surface area contributed by atoms with Crippen LogP contribution in [0.15, 0.2) is 30.0 Å². The van der Waals surface area contributed by atoms with Crippen LogP contribution >= 0.6 is 0 Å². The van der Waals surface area contributed by atoms with Gasteiger partial charge in [0.1, 0.15) is 5.82 Å². The van der Waals surface area contributed by atoms with Gasteiger partial charge in [0, 0.05) is 12.7 Å². The predicted octanol–water partition coefficient (Wildman–Crippen LogP) is 2.25. The summed E-state index contributed by atoms with van der Waals surface area (Å²) in [5, 5.41) is 3.10. The lowest BCUT2D eigenvalue weighted by molar-refractivity contribution is 0.0600. The number of ether oxygens (including phenoxy) is 1. The molecule has 0 atom stereocenters. The van der Waals surface area contributed by atoms with Gasteiger partial charge in [0.25, 0.3) is 0 Å². The molecule has 0 aliphatic carbocycles. The van der Waals surface area contributed by atoms with Gasteiger partial charge in [0.2, 0.25) is 0 Å². The van der Waals surface area contributed by atoms with Crippen molar-refractivity contribution in [1.29, 1.82) is 0 Å². The van der Waals surface area contributed by atoms with Crippen LogP contribution in [0.2, 0.25) is 0 Å². The van der Waals surface area contributed by atoms with E-state index < -0.39 is 0 Å². The zero-order valence-corrected chi connectivity index (χ0v) is 9.78. The van der Waals surface area contributed by atoms with Gasteiger partial charge in [-0.05, 0) is 26.0 Å². The van der Waals surface area contributed by atoms with Crippen molar-refractivity contribution in [3.05, 3.63) is 35.5 Å². The van der Waals surface area contributed by atoms with Gasteiger partial charge >= 0.3 is 5.97 Å². The molecule has 4 heteroatoms. The second-order valence-electron chi connectivity index (χ2n) is 3.58. The minimum absolute atomic E-state index is 0.354. The highest BCUT2D eigenvalue weighted by atomic mass is 16.5. The molecule has 4 nitrogen and oxygen atoms in total. The van der Waals surface area contributed by atoms with E-state index in [1.807, 2.05) is 19.9 Å². The molecule has 0 aromatic carbocycles. The zero-order valence-electron chi connectivity index (χ0n) is 9.78. The molecule has 16 heavy (non-hydrogen) atoms. The molecule has 1 heterocycles. The molecule has 1 N–H and O–H groups in total. The number of methoxy groups -OCH3 is 1. The van der Waals surface area contributed by atoms with E-state index in [-0.39, 0.29) is 5.97 Å². The summed E-state index contributed by atoms with van der Waals surface area (Å²) >= 11 is 0. The van der Waals surface area contributed by atoms with E-state index in [0.29, 0.717) is 17.9 Å². The first-order valence-corrected chi connectivity index (χ1v) is 5.05. The summed E-state index contributed by atoms with van der Waals surface area (Å²) in [6.07, 6.45) is 3.63. The Balaban J connectivity index is 2.68. The Morgan fingerprint density at radius 2 is 2.31 bits per heavy atom. The van der Waals surface area contributed by atoms with Crippen molar-refractivity contribution in [3.63, 3.8) is 0 Å². The van der Waals surface area contributed by atoms with Crippen molar-refractivity contribution in [1.82, 2.24) is 4.98 Å². The van der Waals surface area contributed by atoms with E-state index in [1.165, 1.54) is 12.7 Å². The molecule has 1 rings (SSSR count). The molecule has 0 aliphatic heterocycles. The van der Waals surface area contributed by atoms with Crippen molar-refractivity contribution < 1.29 is 9.53 Å². The highest BCUT2D eigenvalue weighted by Crippen LogP contribution is 2.07. The maximum Gasteiger partial charge on any atom is 0.338 e. The average Bonchev–Trinajstić information content (AvgIpc) is 2.28. The topological polar surface area (TPSA) is 51.2 Å². The Kier molecular flexibility index (Phi) is 4.51. The highest BCUT2D eigenvalue weighted by molar-refractivity contribution is 5.89. The number of nitrogens with zero attached hydrogens (tertiary/aromatic N) is 1. The number of rotatable bonds is 4. The summed E-state index contributed by atoms with van der Waals surface area (Å²) in [6.45, 7) is 4.75. The molecule has 0 amide bonds. The van der Waals surface area contributed by atoms with Crippen molar-refractivity contribution >= 4 is 11.8 Å². The molecule has 0 radical (unpaired) electrons. The minimum atomic E-state index is -0.354. The highest BCUT2D eigenvalue weighted by Gasteiger charge is 2.05. The maximum atomic E-state index is 11.3. The normalized spacial score (nSPS) is 9.44. The lowest BCUT2D eigenvalue weighted by Crippen LogP contribution is -2.05. The van der Waals surface area contributed by atoms with Crippen LogP contribution in [0.1, 0.15) is 24.2 Å². The van der Waals surface area contributed by atoms with Gasteiger partial charge < -0.3 is 10.1 Å². The molecule has 0 saturated heterocycles. The molecule has 0 spiro atoms. The van der Waals surface area contributed by atoms with Gasteiger partial charge in [-0.1, -0.05) is 11.6 Å². The fourth-order valence-corrected chi connectivity index (χ4v) is 1.13. The molecule has 0 saturated carbocycles. The lowest BCUT2D eigenvalue weighted by atomic mass is 10.2. The van der Waals surface area contributed by atoms with Crippen LogP contribution in [0.3, 0.4) is 0 Å². The third kappa shape index (κ3) is 3.73. The fraction of sp³-hybridized carbons (Fsp3) is 0.333. The molecule has 0 fully saturated rings. The fourth-order valence-electron chi connectivity index (χ4n) is 1.13. The van der Waals surface area contributed by atoms with E-state index in [9.17, 15) is 4.79 Å². The first-order chi connectivity index (χ1) is 7.63. The van der Waals surface area contributed by atoms with Crippen LogP contribution in [0.4, 0.5) is 5.82 Å². The van der Waals surface area contributed by atoms with E-state index in [4.69, 9.17) is 0 Å². The number of aromatic nitrogens is 1. The van der Waals surface area contributed by atoms with Gasteiger partial charge in [-0.15, -0.1) is 0 Å². The van der Waals surface area contributed by atoms with Gasteiger partial charge in [0.05, 0.1) is 12.7 Å².